The van der Waals surface area contributed by atoms with E-state index in [1.807, 2.05) is 65.9 Å². The molecule has 62 heavy (non-hydrogen) atoms. The topological polar surface area (TPSA) is 165 Å². The highest BCUT2D eigenvalue weighted by atomic mass is 16.6. The van der Waals surface area contributed by atoms with Crippen molar-refractivity contribution in [3.8, 4) is 0 Å². The number of fused-ring (bicyclic) bond motifs is 2. The van der Waals surface area contributed by atoms with E-state index in [9.17, 15) is 19.2 Å². The number of nitrogens with one attached hydrogen (secondary N) is 4. The number of hydrogen-bond donors (Lipinski definition) is 4. The van der Waals surface area contributed by atoms with Crippen molar-refractivity contribution in [2.75, 3.05) is 50.0 Å². The van der Waals surface area contributed by atoms with E-state index in [4.69, 9.17) is 18.9 Å². The lowest BCUT2D eigenvalue weighted by molar-refractivity contribution is -0.115. The van der Waals surface area contributed by atoms with Crippen molar-refractivity contribution in [1.82, 2.24) is 19.8 Å². The molecule has 14 nitrogen and oxygen atoms in total. The first-order chi connectivity index (χ1) is 28.9. The highest BCUT2D eigenvalue weighted by Gasteiger charge is 2.39. The van der Waals surface area contributed by atoms with Crippen LogP contribution in [0.3, 0.4) is 0 Å². The van der Waals surface area contributed by atoms with E-state index >= 15 is 0 Å². The quantitative estimate of drug-likeness (QED) is 0.109. The predicted molar refractivity (Wildman–Crippen MR) is 245 cm³/mol. The van der Waals surface area contributed by atoms with E-state index in [-0.39, 0.29) is 29.4 Å². The summed E-state index contributed by atoms with van der Waals surface area (Å²) in [4.78, 5) is 53.3. The van der Waals surface area contributed by atoms with Crippen molar-refractivity contribution < 1.29 is 38.1 Å². The summed E-state index contributed by atoms with van der Waals surface area (Å²) in [5, 5.41) is 10.9. The molecule has 2 aromatic heterocycles. The fourth-order valence-corrected chi connectivity index (χ4v) is 7.97. The molecule has 2 saturated heterocycles. The number of benzene rings is 2. The summed E-state index contributed by atoms with van der Waals surface area (Å²) in [5.74, 6) is 0.500. The molecule has 4 N–H and O–H groups in total. The second kappa shape index (κ2) is 19.6. The van der Waals surface area contributed by atoms with Gasteiger partial charge in [-0.05, 0) is 137 Å². The van der Waals surface area contributed by atoms with E-state index < -0.39 is 22.9 Å². The Balaban J connectivity index is 0.000000259. The number of anilines is 2. The van der Waals surface area contributed by atoms with Crippen molar-refractivity contribution in [2.45, 2.75) is 131 Å². The van der Waals surface area contributed by atoms with Gasteiger partial charge >= 0.3 is 12.2 Å². The van der Waals surface area contributed by atoms with Gasteiger partial charge in [0.05, 0.1) is 41.3 Å². The average Bonchev–Trinajstić information content (AvgIpc) is 3.98. The van der Waals surface area contributed by atoms with Gasteiger partial charge in [0.25, 0.3) is 0 Å². The van der Waals surface area contributed by atoms with Crippen LogP contribution in [0.25, 0.3) is 21.8 Å². The van der Waals surface area contributed by atoms with E-state index in [1.54, 1.807) is 11.1 Å². The van der Waals surface area contributed by atoms with Gasteiger partial charge in [-0.3, -0.25) is 14.2 Å². The molecule has 6 rings (SSSR count). The average molecular weight is 859 g/mol. The normalized spacial score (nSPS) is 17.2. The van der Waals surface area contributed by atoms with Crippen LogP contribution in [-0.4, -0.2) is 100 Å². The standard InChI is InChI=1S/C29H43N3O6.C19H27N3O2/c1-19(33)30-23-18-32(26(35)38-28(5,6)7)24-11-10-20(16-22(23)24)13-15-36-29(8,9)21-12-14-31(17-21)25(34)37-27(2,3)4;1-13(23)22-18-12-21-17-5-4-14(10-16(17)18)7-9-24-19(2,3)15-6-8-20-11-15/h10-11,16,18,21H,12-15,17H2,1-9H3,(H,30,33);4-5,10,12,15,20-21H,6-9,11H2,1-3H3,(H,22,23). The summed E-state index contributed by atoms with van der Waals surface area (Å²) in [5.41, 5.74) is 3.63. The number of carbonyl (C=O) groups excluding carboxylic acids is 4. The molecular weight excluding hydrogens is 789 g/mol. The number of amides is 3. The number of H-pyrrole nitrogens is 1. The SMILES string of the molecule is CC(=O)Nc1c[nH]c2ccc(CCOC(C)(C)C3CCNC3)cc12.CC(=O)Nc1cn(C(=O)OC(C)(C)C)c2ccc(CCOC(C)(C)C3CCN(C(=O)OC(C)(C)C)C3)cc12. The number of carbonyl (C=O) groups is 4. The molecule has 0 radical (unpaired) electrons. The molecule has 340 valence electrons. The number of hydrogen-bond acceptors (Lipinski definition) is 9. The Labute approximate surface area is 367 Å². The second-order valence-electron chi connectivity index (χ2n) is 19.7. The number of ether oxygens (including phenoxy) is 4. The van der Waals surface area contributed by atoms with E-state index in [0.29, 0.717) is 49.8 Å². The van der Waals surface area contributed by atoms with Crippen molar-refractivity contribution in [3.63, 3.8) is 0 Å². The van der Waals surface area contributed by atoms with E-state index in [2.05, 4.69) is 66.8 Å². The third-order valence-electron chi connectivity index (χ3n) is 11.4. The summed E-state index contributed by atoms with van der Waals surface area (Å²) in [6.07, 6.45) is 6.20. The molecule has 0 saturated carbocycles. The van der Waals surface area contributed by atoms with Gasteiger partial charge in [-0.25, -0.2) is 9.59 Å². The van der Waals surface area contributed by atoms with Crippen LogP contribution < -0.4 is 16.0 Å². The molecule has 2 aromatic carbocycles. The fraction of sp³-hybridized carbons (Fsp3) is 0.583. The van der Waals surface area contributed by atoms with Gasteiger partial charge in [0.2, 0.25) is 11.8 Å². The Kier molecular flexibility index (Phi) is 15.2. The lowest BCUT2D eigenvalue weighted by Gasteiger charge is -2.32. The zero-order valence-electron chi connectivity index (χ0n) is 39.0. The van der Waals surface area contributed by atoms with Gasteiger partial charge in [-0.1, -0.05) is 12.1 Å². The van der Waals surface area contributed by atoms with Crippen LogP contribution in [0.2, 0.25) is 0 Å². The van der Waals surface area contributed by atoms with Crippen molar-refractivity contribution in [1.29, 1.82) is 0 Å². The molecule has 4 aromatic rings. The van der Waals surface area contributed by atoms with Crippen molar-refractivity contribution in [2.24, 2.45) is 11.8 Å². The second-order valence-corrected chi connectivity index (χ2v) is 19.7. The lowest BCUT2D eigenvalue weighted by Crippen LogP contribution is -2.39. The lowest BCUT2D eigenvalue weighted by atomic mass is 9.90. The summed E-state index contributed by atoms with van der Waals surface area (Å²) < 4.78 is 25.0. The molecule has 4 heterocycles. The minimum atomic E-state index is -0.644. The molecule has 2 unspecified atom stereocenters. The molecule has 2 fully saturated rings. The van der Waals surface area contributed by atoms with E-state index in [1.165, 1.54) is 30.4 Å². The summed E-state index contributed by atoms with van der Waals surface area (Å²) in [6, 6.07) is 12.1. The van der Waals surface area contributed by atoms with Crippen LogP contribution in [-0.2, 0) is 41.4 Å². The smallest absolute Gasteiger partial charge is 0.419 e. The number of nitrogens with zero attached hydrogens (tertiary/aromatic N) is 2. The number of likely N-dealkylation sites (tertiary alicyclic amines) is 1. The number of rotatable bonds is 12. The highest BCUT2D eigenvalue weighted by molar-refractivity contribution is 6.04. The maximum absolute atomic E-state index is 12.8. The summed E-state index contributed by atoms with van der Waals surface area (Å²) in [7, 11) is 0. The van der Waals surface area contributed by atoms with Gasteiger partial charge in [0.1, 0.15) is 11.2 Å². The van der Waals surface area contributed by atoms with Crippen molar-refractivity contribution >= 4 is 57.2 Å². The molecule has 0 spiro atoms. The first-order valence-corrected chi connectivity index (χ1v) is 21.9. The molecule has 2 aliphatic heterocycles. The maximum atomic E-state index is 12.8. The van der Waals surface area contributed by atoms with Crippen molar-refractivity contribution in [3.05, 3.63) is 59.9 Å². The summed E-state index contributed by atoms with van der Waals surface area (Å²) >= 11 is 0. The van der Waals surface area contributed by atoms with Gasteiger partial charge in [-0.2, -0.15) is 0 Å². The molecule has 14 heteroatoms. The Morgan fingerprint density at radius 2 is 1.27 bits per heavy atom. The fourth-order valence-electron chi connectivity index (χ4n) is 7.97. The predicted octanol–water partition coefficient (Wildman–Crippen LogP) is 9.05. The summed E-state index contributed by atoms with van der Waals surface area (Å²) in [6.45, 7) is 27.1. The van der Waals surface area contributed by atoms with Gasteiger partial charge < -0.3 is 44.8 Å². The Hall–Kier alpha value is -4.92. The number of aromatic nitrogens is 2. The zero-order chi connectivity index (χ0) is 45.6. The molecule has 3 amide bonds. The van der Waals surface area contributed by atoms with Gasteiger partial charge in [-0.15, -0.1) is 0 Å². The first-order valence-electron chi connectivity index (χ1n) is 21.9. The molecule has 0 aliphatic carbocycles. The molecule has 0 bridgehead atoms. The Morgan fingerprint density at radius 3 is 1.85 bits per heavy atom. The maximum Gasteiger partial charge on any atom is 0.419 e. The van der Waals surface area contributed by atoms with Crippen LogP contribution in [0, 0.1) is 11.8 Å². The zero-order valence-corrected chi connectivity index (χ0v) is 39.0. The van der Waals surface area contributed by atoms with Crippen LogP contribution >= 0.6 is 0 Å². The first kappa shape index (κ1) is 48.1. The van der Waals surface area contributed by atoms with E-state index in [0.717, 1.165) is 53.5 Å². The van der Waals surface area contributed by atoms with Crippen LogP contribution in [0.15, 0.2) is 48.8 Å². The minimum Gasteiger partial charge on any atom is -0.444 e. The van der Waals surface area contributed by atoms with Gasteiger partial charge in [0, 0.05) is 74.0 Å². The highest BCUT2D eigenvalue weighted by Crippen LogP contribution is 2.33. The molecule has 2 atom stereocenters. The van der Waals surface area contributed by atoms with Gasteiger partial charge in [0.15, 0.2) is 0 Å². The largest absolute Gasteiger partial charge is 0.444 e. The van der Waals surface area contributed by atoms with Crippen LogP contribution in [0.4, 0.5) is 21.0 Å². The molecular formula is C48H70N6O8. The monoisotopic (exact) mass is 859 g/mol. The number of aromatic amines is 1. The van der Waals surface area contributed by atoms with Crippen LogP contribution in [0.1, 0.15) is 107 Å². The third-order valence-corrected chi connectivity index (χ3v) is 11.4. The molecule has 2 aliphatic rings. The van der Waals surface area contributed by atoms with Crippen LogP contribution in [0.5, 0.6) is 0 Å². The minimum absolute atomic E-state index is 0.0587. The Morgan fingerprint density at radius 1 is 0.710 bits per heavy atom. The third kappa shape index (κ3) is 13.3. The Bertz CT molecular complexity index is 2200.